The van der Waals surface area contributed by atoms with Crippen LogP contribution in [0.25, 0.3) is 0 Å². The van der Waals surface area contributed by atoms with E-state index >= 15 is 0 Å². The first-order chi connectivity index (χ1) is 16.6. The van der Waals surface area contributed by atoms with Gasteiger partial charge in [-0.15, -0.1) is 0 Å². The molecule has 2 amide bonds. The molecule has 0 saturated carbocycles. The van der Waals surface area contributed by atoms with Crippen molar-refractivity contribution >= 4 is 23.4 Å². The van der Waals surface area contributed by atoms with E-state index in [2.05, 4.69) is 10.6 Å². The number of nitrogens with one attached hydrogen (secondary N) is 2. The Bertz CT molecular complexity index is 950. The third-order valence-electron chi connectivity index (χ3n) is 5.42. The molecule has 190 valence electrons. The molecule has 2 aromatic carbocycles. The van der Waals surface area contributed by atoms with Crippen molar-refractivity contribution in [1.29, 1.82) is 0 Å². The van der Waals surface area contributed by atoms with E-state index in [1.165, 1.54) is 13.8 Å². The fraction of sp³-hybridized carbons (Fsp3) is 0.407. The van der Waals surface area contributed by atoms with Gasteiger partial charge in [0.2, 0.25) is 11.8 Å². The second kappa shape index (κ2) is 15.5. The molecule has 2 rings (SSSR count). The predicted octanol–water partition coefficient (Wildman–Crippen LogP) is 2.62. The highest BCUT2D eigenvalue weighted by Gasteiger charge is 2.23. The van der Waals surface area contributed by atoms with Gasteiger partial charge in [0.1, 0.15) is 12.1 Å². The Balaban J connectivity index is 0.000000462. The number of aliphatic hydroxyl groups is 1. The van der Waals surface area contributed by atoms with Crippen LogP contribution in [0.1, 0.15) is 63.7 Å². The van der Waals surface area contributed by atoms with Crippen molar-refractivity contribution < 1.29 is 24.3 Å². The Hall–Kier alpha value is -3.36. The maximum absolute atomic E-state index is 12.0. The first kappa shape index (κ1) is 29.7. The van der Waals surface area contributed by atoms with Crippen LogP contribution in [0.15, 0.2) is 60.7 Å². The average molecular weight is 484 g/mol. The molecule has 8 nitrogen and oxygen atoms in total. The summed E-state index contributed by atoms with van der Waals surface area (Å²) in [7, 11) is 0. The maximum atomic E-state index is 12.0. The smallest absolute Gasteiger partial charge is 0.249 e. The number of rotatable bonds is 11. The zero-order valence-corrected chi connectivity index (χ0v) is 20.9. The molecule has 4 unspecified atom stereocenters. The molecule has 0 spiro atoms. The summed E-state index contributed by atoms with van der Waals surface area (Å²) in [6.07, 6.45) is 0.445. The van der Waals surface area contributed by atoms with Gasteiger partial charge in [-0.2, -0.15) is 0 Å². The molecular formula is C27H37N3O5. The van der Waals surface area contributed by atoms with Crippen molar-refractivity contribution in [3.05, 3.63) is 71.8 Å². The topological polar surface area (TPSA) is 139 Å². The van der Waals surface area contributed by atoms with Gasteiger partial charge in [0, 0.05) is 0 Å². The molecule has 0 bridgehead atoms. The molecule has 5 N–H and O–H groups in total. The molecule has 0 aromatic heterocycles. The van der Waals surface area contributed by atoms with Gasteiger partial charge in [-0.3, -0.25) is 19.2 Å². The van der Waals surface area contributed by atoms with Crippen molar-refractivity contribution in [3.8, 4) is 0 Å². The van der Waals surface area contributed by atoms with E-state index in [0.717, 1.165) is 18.4 Å². The third-order valence-corrected chi connectivity index (χ3v) is 5.42. The second-order valence-electron chi connectivity index (χ2n) is 8.45. The van der Waals surface area contributed by atoms with Crippen LogP contribution in [-0.4, -0.2) is 41.1 Å². The van der Waals surface area contributed by atoms with Crippen LogP contribution in [0.5, 0.6) is 0 Å². The molecule has 35 heavy (non-hydrogen) atoms. The van der Waals surface area contributed by atoms with Crippen LogP contribution < -0.4 is 16.4 Å². The molecule has 2 aromatic rings. The van der Waals surface area contributed by atoms with Crippen LogP contribution in [0.3, 0.4) is 0 Å². The quantitative estimate of drug-likeness (QED) is 0.388. The van der Waals surface area contributed by atoms with Crippen molar-refractivity contribution in [2.45, 2.75) is 58.7 Å². The highest BCUT2D eigenvalue weighted by atomic mass is 16.3. The third kappa shape index (κ3) is 10.6. The predicted molar refractivity (Wildman–Crippen MR) is 135 cm³/mol. The van der Waals surface area contributed by atoms with Crippen molar-refractivity contribution in [1.82, 2.24) is 10.6 Å². The van der Waals surface area contributed by atoms with E-state index in [-0.39, 0.29) is 24.0 Å². The number of carbonyl (C=O) groups is 4. The second-order valence-corrected chi connectivity index (χ2v) is 8.45. The molecule has 0 fully saturated rings. The molecule has 8 heteroatoms. The van der Waals surface area contributed by atoms with Gasteiger partial charge in [-0.1, -0.05) is 80.9 Å². The molecule has 0 aliphatic carbocycles. The largest absolute Gasteiger partial charge is 0.383 e. The number of aliphatic hydroxyl groups excluding tert-OH is 1. The van der Waals surface area contributed by atoms with Crippen LogP contribution in [0.4, 0.5) is 0 Å². The zero-order chi connectivity index (χ0) is 26.4. The monoisotopic (exact) mass is 483 g/mol. The highest BCUT2D eigenvalue weighted by Crippen LogP contribution is 2.13. The maximum Gasteiger partial charge on any atom is 0.249 e. The van der Waals surface area contributed by atoms with E-state index in [4.69, 9.17) is 5.73 Å². The minimum atomic E-state index is -1.14. The van der Waals surface area contributed by atoms with Gasteiger partial charge in [-0.25, -0.2) is 0 Å². The van der Waals surface area contributed by atoms with Crippen molar-refractivity contribution in [2.75, 3.05) is 6.54 Å². The van der Waals surface area contributed by atoms with E-state index in [1.54, 1.807) is 31.2 Å². The van der Waals surface area contributed by atoms with Crippen LogP contribution in [0.2, 0.25) is 0 Å². The first-order valence-corrected chi connectivity index (χ1v) is 11.7. The molecule has 0 aliphatic heterocycles. The first-order valence-electron chi connectivity index (χ1n) is 11.7. The van der Waals surface area contributed by atoms with Crippen LogP contribution in [-0.2, 0) is 19.2 Å². The number of amides is 2. The lowest BCUT2D eigenvalue weighted by Gasteiger charge is -2.19. The Morgan fingerprint density at radius 1 is 0.886 bits per heavy atom. The average Bonchev–Trinajstić information content (AvgIpc) is 2.86. The lowest BCUT2D eigenvalue weighted by atomic mass is 9.99. The molecule has 0 heterocycles. The van der Waals surface area contributed by atoms with E-state index in [0.29, 0.717) is 5.56 Å². The summed E-state index contributed by atoms with van der Waals surface area (Å²) in [5, 5.41) is 14.9. The molecular weight excluding hydrogens is 446 g/mol. The fourth-order valence-electron chi connectivity index (χ4n) is 3.32. The zero-order valence-electron chi connectivity index (χ0n) is 20.9. The van der Waals surface area contributed by atoms with Gasteiger partial charge < -0.3 is 21.5 Å². The summed E-state index contributed by atoms with van der Waals surface area (Å²) in [5.41, 5.74) is 7.14. The molecule has 0 radical (unpaired) electrons. The Morgan fingerprint density at radius 2 is 1.40 bits per heavy atom. The van der Waals surface area contributed by atoms with Crippen LogP contribution >= 0.6 is 0 Å². The van der Waals surface area contributed by atoms with E-state index in [1.807, 2.05) is 43.3 Å². The Kier molecular flexibility index (Phi) is 13.2. The van der Waals surface area contributed by atoms with E-state index < -0.39 is 30.0 Å². The lowest BCUT2D eigenvalue weighted by Crippen LogP contribution is -2.45. The number of carbonyl (C=O) groups excluding carboxylic acids is 4. The summed E-state index contributed by atoms with van der Waals surface area (Å²) in [6, 6.07) is 17.0. The Morgan fingerprint density at radius 3 is 1.86 bits per heavy atom. The van der Waals surface area contributed by atoms with Gasteiger partial charge in [0.15, 0.2) is 11.6 Å². The van der Waals surface area contributed by atoms with E-state index in [9.17, 15) is 24.3 Å². The minimum Gasteiger partial charge on any atom is -0.383 e. The van der Waals surface area contributed by atoms with Gasteiger partial charge >= 0.3 is 0 Å². The summed E-state index contributed by atoms with van der Waals surface area (Å²) >= 11 is 0. The van der Waals surface area contributed by atoms with Crippen molar-refractivity contribution in [2.24, 2.45) is 11.7 Å². The normalized spacial score (nSPS) is 13.8. The van der Waals surface area contributed by atoms with Gasteiger partial charge in [0.05, 0.1) is 12.6 Å². The summed E-state index contributed by atoms with van der Waals surface area (Å²) in [5.74, 6) is -1.44. The minimum absolute atomic E-state index is 0.00352. The lowest BCUT2D eigenvalue weighted by molar-refractivity contribution is -0.134. The number of ketones is 2. The molecule has 0 aliphatic rings. The molecule has 0 saturated heterocycles. The Labute approximate surface area is 207 Å². The number of hydrogen-bond acceptors (Lipinski definition) is 6. The summed E-state index contributed by atoms with van der Waals surface area (Å²) < 4.78 is 0. The number of nitrogens with two attached hydrogens (primary N) is 1. The van der Waals surface area contributed by atoms with Crippen molar-refractivity contribution in [3.63, 3.8) is 0 Å². The molecule has 4 atom stereocenters. The fourth-order valence-corrected chi connectivity index (χ4v) is 3.32. The summed E-state index contributed by atoms with van der Waals surface area (Å²) in [6.45, 7) is 6.37. The SMILES string of the molecule is CC(=O)C(N)c1ccccc1.CCCC(C)C(O)C(=O)NCC(=O)NC(C(C)=O)c1ccccc1. The number of benzene rings is 2. The van der Waals surface area contributed by atoms with Gasteiger partial charge in [-0.05, 0) is 37.3 Å². The van der Waals surface area contributed by atoms with Crippen LogP contribution in [0, 0.1) is 5.92 Å². The summed E-state index contributed by atoms with van der Waals surface area (Å²) in [4.78, 5) is 46.4. The standard InChI is InChI=1S/C18H26N2O4.C9H11NO/c1-4-8-12(2)17(23)18(24)19-11-15(22)20-16(13(3)21)14-9-6-5-7-10-14;1-7(11)9(10)8-5-3-2-4-6-8/h5-7,9-10,12,16-17,23H,4,8,11H2,1-3H3,(H,19,24)(H,20,22);2-6,9H,10H2,1H3. The number of hydrogen-bond donors (Lipinski definition) is 4. The number of Topliss-reactive ketones (excluding diaryl/α,β-unsaturated/α-hetero) is 2. The highest BCUT2D eigenvalue weighted by molar-refractivity contribution is 5.91. The van der Waals surface area contributed by atoms with Gasteiger partial charge in [0.25, 0.3) is 0 Å².